The third-order valence-electron chi connectivity index (χ3n) is 2.50. The Balaban J connectivity index is 2.05. The molecule has 102 valence electrons. The molecule has 0 saturated carbocycles. The normalized spacial score (nSPS) is 10.4. The van der Waals surface area contributed by atoms with E-state index in [-0.39, 0.29) is 11.4 Å². The van der Waals surface area contributed by atoms with Crippen molar-refractivity contribution in [3.05, 3.63) is 53.9 Å². The van der Waals surface area contributed by atoms with Gasteiger partial charge >= 0.3 is 0 Å². The molecule has 6 heteroatoms. The number of hydrazone groups is 1. The van der Waals surface area contributed by atoms with Crippen LogP contribution in [0.5, 0.6) is 11.5 Å². The van der Waals surface area contributed by atoms with E-state index in [1.165, 1.54) is 25.6 Å². The number of nitrogens with one attached hydrogen (secondary N) is 1. The molecule has 0 aliphatic heterocycles. The van der Waals surface area contributed by atoms with E-state index in [1.807, 2.05) is 0 Å². The smallest absolute Gasteiger partial charge is 0.289 e. The molecule has 2 N–H and O–H groups in total. The van der Waals surface area contributed by atoms with Crippen LogP contribution < -0.4 is 10.2 Å². The van der Waals surface area contributed by atoms with Gasteiger partial charge in [0.15, 0.2) is 0 Å². The van der Waals surface area contributed by atoms with Crippen LogP contribution in [-0.2, 0) is 0 Å². The number of aromatic nitrogens is 1. The van der Waals surface area contributed by atoms with Crippen molar-refractivity contribution in [1.82, 2.24) is 10.4 Å². The van der Waals surface area contributed by atoms with Crippen LogP contribution >= 0.6 is 0 Å². The van der Waals surface area contributed by atoms with Gasteiger partial charge in [-0.15, -0.1) is 0 Å². The first-order valence-corrected chi connectivity index (χ1v) is 5.82. The Kier molecular flexibility index (Phi) is 4.28. The lowest BCUT2D eigenvalue weighted by Gasteiger charge is -2.03. The van der Waals surface area contributed by atoms with Crippen molar-refractivity contribution in [1.29, 1.82) is 0 Å². The van der Waals surface area contributed by atoms with Crippen LogP contribution in [0.25, 0.3) is 0 Å². The largest absolute Gasteiger partial charge is 0.507 e. The number of nitrogens with zero attached hydrogens (tertiary/aromatic N) is 2. The van der Waals surface area contributed by atoms with E-state index in [0.29, 0.717) is 11.3 Å². The maximum Gasteiger partial charge on any atom is 0.289 e. The van der Waals surface area contributed by atoms with Crippen LogP contribution in [0.4, 0.5) is 0 Å². The third kappa shape index (κ3) is 3.32. The molecule has 2 rings (SSSR count). The molecule has 1 aromatic carbocycles. The number of hydrogen-bond donors (Lipinski definition) is 2. The molecule has 0 aliphatic carbocycles. The molecule has 0 unspecified atom stereocenters. The average Bonchev–Trinajstić information content (AvgIpc) is 2.50. The molecule has 0 saturated heterocycles. The first kappa shape index (κ1) is 13.5. The summed E-state index contributed by atoms with van der Waals surface area (Å²) in [6.45, 7) is 0. The van der Waals surface area contributed by atoms with Crippen LogP contribution in [-0.4, -0.2) is 29.3 Å². The summed E-state index contributed by atoms with van der Waals surface area (Å²) in [7, 11) is 1.52. The number of methoxy groups -OCH3 is 1. The number of pyridine rings is 1. The highest BCUT2D eigenvalue weighted by Crippen LogP contribution is 2.20. The first-order chi connectivity index (χ1) is 9.70. The van der Waals surface area contributed by atoms with E-state index < -0.39 is 5.91 Å². The Bertz CT molecular complexity index is 627. The molecular formula is C14H13N3O3. The Morgan fingerprint density at radius 2 is 2.25 bits per heavy atom. The number of hydrogen-bond acceptors (Lipinski definition) is 5. The van der Waals surface area contributed by atoms with Crippen LogP contribution in [0, 0.1) is 0 Å². The fraction of sp³-hybridized carbons (Fsp3) is 0.0714. The maximum atomic E-state index is 11.7. The second-order valence-electron chi connectivity index (χ2n) is 3.84. The van der Waals surface area contributed by atoms with Crippen LogP contribution in [0.15, 0.2) is 47.7 Å². The predicted octanol–water partition coefficient (Wildman–Crippen LogP) is 1.56. The number of rotatable bonds is 4. The van der Waals surface area contributed by atoms with Gasteiger partial charge in [0.25, 0.3) is 5.91 Å². The van der Waals surface area contributed by atoms with Gasteiger partial charge in [0, 0.05) is 11.8 Å². The minimum Gasteiger partial charge on any atom is -0.507 e. The lowest BCUT2D eigenvalue weighted by molar-refractivity contribution is 0.0950. The summed E-state index contributed by atoms with van der Waals surface area (Å²) in [6, 6.07) is 9.72. The predicted molar refractivity (Wildman–Crippen MR) is 74.0 cm³/mol. The average molecular weight is 271 g/mol. The summed E-state index contributed by atoms with van der Waals surface area (Å²) in [5.74, 6) is 0.200. The second-order valence-corrected chi connectivity index (χ2v) is 3.84. The van der Waals surface area contributed by atoms with Crippen LogP contribution in [0.3, 0.4) is 0 Å². The monoisotopic (exact) mass is 271 g/mol. The standard InChI is InChI=1S/C14H13N3O3/c1-20-11-5-6-13(18)10(8-11)9-16-17-14(19)12-4-2-3-7-15-12/h2-9,18H,1H3,(H,17,19)/b16-9-. The minimum atomic E-state index is -0.427. The Labute approximate surface area is 115 Å². The van der Waals surface area contributed by atoms with Crippen molar-refractivity contribution in [2.75, 3.05) is 7.11 Å². The molecule has 0 bridgehead atoms. The number of benzene rings is 1. The molecule has 1 heterocycles. The molecule has 2 aromatic rings. The number of aromatic hydroxyl groups is 1. The first-order valence-electron chi connectivity index (χ1n) is 5.82. The Hall–Kier alpha value is -2.89. The van der Waals surface area contributed by atoms with Crippen molar-refractivity contribution in [2.45, 2.75) is 0 Å². The van der Waals surface area contributed by atoms with Gasteiger partial charge in [0.05, 0.1) is 13.3 Å². The van der Waals surface area contributed by atoms with Gasteiger partial charge in [-0.25, -0.2) is 5.43 Å². The van der Waals surface area contributed by atoms with Gasteiger partial charge in [-0.1, -0.05) is 6.07 Å². The van der Waals surface area contributed by atoms with Crippen molar-refractivity contribution in [3.63, 3.8) is 0 Å². The SMILES string of the molecule is COc1ccc(O)c(/C=N\NC(=O)c2ccccn2)c1. The molecule has 0 fully saturated rings. The van der Waals surface area contributed by atoms with Crippen LogP contribution in [0.2, 0.25) is 0 Å². The van der Waals surface area contributed by atoms with Crippen LogP contribution in [0.1, 0.15) is 16.1 Å². The van der Waals surface area contributed by atoms with Gasteiger partial charge < -0.3 is 9.84 Å². The molecule has 0 radical (unpaired) electrons. The van der Waals surface area contributed by atoms with E-state index in [0.717, 1.165) is 0 Å². The highest BCUT2D eigenvalue weighted by Gasteiger charge is 2.04. The quantitative estimate of drug-likeness (QED) is 0.653. The summed E-state index contributed by atoms with van der Waals surface area (Å²) < 4.78 is 5.04. The van der Waals surface area contributed by atoms with E-state index in [2.05, 4.69) is 15.5 Å². The lowest BCUT2D eigenvalue weighted by Crippen LogP contribution is -2.18. The van der Waals surface area contributed by atoms with E-state index in [9.17, 15) is 9.90 Å². The maximum absolute atomic E-state index is 11.7. The zero-order chi connectivity index (χ0) is 14.4. The minimum absolute atomic E-state index is 0.0432. The lowest BCUT2D eigenvalue weighted by atomic mass is 10.2. The van der Waals surface area contributed by atoms with Gasteiger partial charge in [-0.3, -0.25) is 9.78 Å². The fourth-order valence-electron chi connectivity index (χ4n) is 1.48. The number of carbonyl (C=O) groups excluding carboxylic acids is 1. The fourth-order valence-corrected chi connectivity index (χ4v) is 1.48. The molecular weight excluding hydrogens is 258 g/mol. The molecule has 1 amide bonds. The Morgan fingerprint density at radius 3 is 2.95 bits per heavy atom. The van der Waals surface area contributed by atoms with Gasteiger partial charge in [0.1, 0.15) is 17.2 Å². The van der Waals surface area contributed by atoms with Crippen molar-refractivity contribution in [3.8, 4) is 11.5 Å². The number of phenols is 1. The number of amides is 1. The number of ether oxygens (including phenoxy) is 1. The summed E-state index contributed by atoms with van der Waals surface area (Å²) in [5, 5.41) is 13.4. The molecule has 6 nitrogen and oxygen atoms in total. The molecule has 0 atom stereocenters. The van der Waals surface area contributed by atoms with E-state index in [1.54, 1.807) is 30.3 Å². The van der Waals surface area contributed by atoms with Crippen molar-refractivity contribution in [2.24, 2.45) is 5.10 Å². The molecule has 0 spiro atoms. The molecule has 1 aromatic heterocycles. The summed E-state index contributed by atoms with van der Waals surface area (Å²) in [6.07, 6.45) is 2.85. The third-order valence-corrected chi connectivity index (χ3v) is 2.50. The highest BCUT2D eigenvalue weighted by atomic mass is 16.5. The Morgan fingerprint density at radius 1 is 1.40 bits per heavy atom. The number of phenolic OH excluding ortho intramolecular Hbond substituents is 1. The van der Waals surface area contributed by atoms with E-state index >= 15 is 0 Å². The number of carbonyl (C=O) groups is 1. The van der Waals surface area contributed by atoms with Crippen molar-refractivity contribution >= 4 is 12.1 Å². The zero-order valence-corrected chi connectivity index (χ0v) is 10.8. The highest BCUT2D eigenvalue weighted by molar-refractivity contribution is 5.93. The van der Waals surface area contributed by atoms with Gasteiger partial charge in [0.2, 0.25) is 0 Å². The zero-order valence-electron chi connectivity index (χ0n) is 10.8. The summed E-state index contributed by atoms with van der Waals surface area (Å²) in [5.41, 5.74) is 3.03. The van der Waals surface area contributed by atoms with Crippen molar-refractivity contribution < 1.29 is 14.6 Å². The van der Waals surface area contributed by atoms with Gasteiger partial charge in [-0.2, -0.15) is 5.10 Å². The van der Waals surface area contributed by atoms with E-state index in [4.69, 9.17) is 4.74 Å². The second kappa shape index (κ2) is 6.33. The topological polar surface area (TPSA) is 83.8 Å². The van der Waals surface area contributed by atoms with Gasteiger partial charge in [-0.05, 0) is 30.3 Å². The summed E-state index contributed by atoms with van der Waals surface area (Å²) in [4.78, 5) is 15.6. The molecule has 0 aliphatic rings. The molecule has 20 heavy (non-hydrogen) atoms. The summed E-state index contributed by atoms with van der Waals surface area (Å²) >= 11 is 0.